The average Bonchev–Trinajstić information content (AvgIpc) is 1.89. The molecule has 0 saturated carbocycles. The molecule has 1 atom stereocenters. The molecule has 1 rings (SSSR count). The minimum absolute atomic E-state index is 0.158. The molecule has 1 heterocycles. The molecule has 0 aromatic heterocycles. The summed E-state index contributed by atoms with van der Waals surface area (Å²) in [6, 6.07) is 0. The third kappa shape index (κ3) is 1.40. The fraction of sp³-hybridized carbons (Fsp3) is 0.750. The van der Waals surface area contributed by atoms with Gasteiger partial charge in [-0.15, -0.1) is 12.6 Å². The smallest absolute Gasteiger partial charge is 0.350 e. The van der Waals surface area contributed by atoms with E-state index in [1.807, 2.05) is 0 Å². The zero-order valence-electron chi connectivity index (χ0n) is 4.94. The zero-order valence-corrected chi connectivity index (χ0v) is 5.84. The number of rotatable bonds is 1. The van der Waals surface area contributed by atoms with Crippen LogP contribution in [0.25, 0.3) is 0 Å². The topological polar surface area (TPSA) is 65.0 Å². The molecule has 1 fully saturated rings. The molecular formula is C4H6O5S. The first kappa shape index (κ1) is 7.80. The summed E-state index contributed by atoms with van der Waals surface area (Å²) in [5.74, 6) is -1.18. The summed E-state index contributed by atoms with van der Waals surface area (Å²) in [7, 11) is 0. The number of hydrogen-bond donors (Lipinski definition) is 2. The van der Waals surface area contributed by atoms with Crippen LogP contribution in [0.4, 0.5) is 0 Å². The molecule has 0 aromatic carbocycles. The van der Waals surface area contributed by atoms with Gasteiger partial charge in [-0.25, -0.2) is 9.68 Å². The minimum atomic E-state index is -1.56. The van der Waals surface area contributed by atoms with Crippen LogP contribution >= 0.6 is 12.6 Å². The van der Waals surface area contributed by atoms with Crippen LogP contribution in [-0.4, -0.2) is 22.6 Å². The maximum absolute atomic E-state index is 10.3. The van der Waals surface area contributed by atoms with Crippen LogP contribution in [0.1, 0.15) is 6.42 Å². The molecule has 10 heavy (non-hydrogen) atoms. The fourth-order valence-corrected chi connectivity index (χ4v) is 0.600. The SMILES string of the molecule is O=C(O)C1(S)CCOOO1. The van der Waals surface area contributed by atoms with E-state index in [9.17, 15) is 4.79 Å². The van der Waals surface area contributed by atoms with E-state index in [2.05, 4.69) is 27.4 Å². The van der Waals surface area contributed by atoms with Crippen molar-refractivity contribution < 1.29 is 24.7 Å². The molecule has 0 radical (unpaired) electrons. The summed E-state index contributed by atoms with van der Waals surface area (Å²) in [6.45, 7) is 0.163. The number of carboxylic acids is 1. The van der Waals surface area contributed by atoms with E-state index in [0.717, 1.165) is 0 Å². The standard InChI is InChI=1S/C4H6O5S/c5-3(6)4(10)1-2-7-9-8-4/h10H,1-2H2,(H,5,6). The molecule has 6 heteroatoms. The molecule has 58 valence electrons. The lowest BCUT2D eigenvalue weighted by Gasteiger charge is -2.24. The Kier molecular flexibility index (Phi) is 2.14. The Hall–Kier alpha value is -0.300. The lowest BCUT2D eigenvalue weighted by atomic mass is 10.2. The van der Waals surface area contributed by atoms with E-state index in [1.165, 1.54) is 0 Å². The summed E-state index contributed by atoms with van der Waals surface area (Å²) >= 11 is 3.72. The van der Waals surface area contributed by atoms with Gasteiger partial charge in [0.2, 0.25) is 4.93 Å². The average molecular weight is 166 g/mol. The third-order valence-corrected chi connectivity index (χ3v) is 1.57. The lowest BCUT2D eigenvalue weighted by molar-refractivity contribution is -0.549. The van der Waals surface area contributed by atoms with Crippen LogP contribution in [0, 0.1) is 0 Å². The maximum atomic E-state index is 10.3. The van der Waals surface area contributed by atoms with Crippen LogP contribution in [0.3, 0.4) is 0 Å². The number of hydrogen-bond acceptors (Lipinski definition) is 5. The number of aliphatic carboxylic acids is 1. The van der Waals surface area contributed by atoms with Crippen LogP contribution in [0.2, 0.25) is 0 Å². The van der Waals surface area contributed by atoms with Gasteiger partial charge < -0.3 is 5.11 Å². The Bertz CT molecular complexity index is 141. The van der Waals surface area contributed by atoms with Crippen molar-refractivity contribution >= 4 is 18.6 Å². The largest absolute Gasteiger partial charge is 0.478 e. The monoisotopic (exact) mass is 166 g/mol. The van der Waals surface area contributed by atoms with Crippen LogP contribution in [0.5, 0.6) is 0 Å². The second kappa shape index (κ2) is 2.75. The number of carbonyl (C=O) groups is 1. The molecule has 1 aliphatic heterocycles. The minimum Gasteiger partial charge on any atom is -0.478 e. The molecule has 0 aromatic rings. The highest BCUT2D eigenvalue weighted by molar-refractivity contribution is 7.82. The van der Waals surface area contributed by atoms with Gasteiger partial charge in [-0.3, -0.25) is 0 Å². The van der Waals surface area contributed by atoms with Crippen molar-refractivity contribution in [2.75, 3.05) is 6.61 Å². The van der Waals surface area contributed by atoms with Gasteiger partial charge >= 0.3 is 5.97 Å². The van der Waals surface area contributed by atoms with Crippen molar-refractivity contribution in [1.29, 1.82) is 0 Å². The number of carboxylic acid groups (broad SMARTS) is 1. The van der Waals surface area contributed by atoms with Crippen molar-refractivity contribution in [2.45, 2.75) is 11.4 Å². The second-order valence-corrected chi connectivity index (χ2v) is 2.54. The molecule has 1 saturated heterocycles. The first-order chi connectivity index (χ1) is 4.65. The van der Waals surface area contributed by atoms with E-state index in [4.69, 9.17) is 5.11 Å². The highest BCUT2D eigenvalue weighted by atomic mass is 32.1. The summed E-state index contributed by atoms with van der Waals surface area (Å²) in [6.07, 6.45) is 0.158. The first-order valence-corrected chi connectivity index (χ1v) is 3.03. The predicted molar refractivity (Wildman–Crippen MR) is 32.1 cm³/mol. The molecule has 0 aliphatic carbocycles. The molecule has 0 amide bonds. The van der Waals surface area contributed by atoms with Crippen molar-refractivity contribution in [3.05, 3.63) is 0 Å². The Morgan fingerprint density at radius 1 is 1.70 bits per heavy atom. The quantitative estimate of drug-likeness (QED) is 0.423. The molecule has 0 spiro atoms. The molecule has 0 bridgehead atoms. The van der Waals surface area contributed by atoms with E-state index < -0.39 is 10.9 Å². The van der Waals surface area contributed by atoms with E-state index in [1.54, 1.807) is 0 Å². The summed E-state index contributed by atoms with van der Waals surface area (Å²) < 4.78 is 0. The Morgan fingerprint density at radius 2 is 2.40 bits per heavy atom. The summed E-state index contributed by atoms with van der Waals surface area (Å²) in [5.41, 5.74) is 0. The van der Waals surface area contributed by atoms with Gasteiger partial charge in [0.05, 0.1) is 6.61 Å². The van der Waals surface area contributed by atoms with Gasteiger partial charge in [0.1, 0.15) is 0 Å². The van der Waals surface area contributed by atoms with Crippen LogP contribution in [0.15, 0.2) is 0 Å². The second-order valence-electron chi connectivity index (χ2n) is 1.81. The Balaban J connectivity index is 2.56. The van der Waals surface area contributed by atoms with Crippen molar-refractivity contribution in [3.8, 4) is 0 Å². The van der Waals surface area contributed by atoms with E-state index in [-0.39, 0.29) is 13.0 Å². The van der Waals surface area contributed by atoms with E-state index >= 15 is 0 Å². The predicted octanol–water partition coefficient (Wildman–Crippen LogP) is -0.0194. The molecular weight excluding hydrogens is 160 g/mol. The fourth-order valence-electron chi connectivity index (χ4n) is 0.479. The highest BCUT2D eigenvalue weighted by Gasteiger charge is 2.40. The van der Waals surface area contributed by atoms with Gasteiger partial charge in [-0.05, 0) is 0 Å². The molecule has 5 nitrogen and oxygen atoms in total. The van der Waals surface area contributed by atoms with Gasteiger partial charge in [0.15, 0.2) is 0 Å². The lowest BCUT2D eigenvalue weighted by Crippen LogP contribution is -2.40. The van der Waals surface area contributed by atoms with Gasteiger partial charge in [0, 0.05) is 6.42 Å². The van der Waals surface area contributed by atoms with Crippen molar-refractivity contribution in [3.63, 3.8) is 0 Å². The van der Waals surface area contributed by atoms with Gasteiger partial charge in [-0.1, -0.05) is 5.04 Å². The van der Waals surface area contributed by atoms with Crippen molar-refractivity contribution in [2.24, 2.45) is 0 Å². The summed E-state index contributed by atoms with van der Waals surface area (Å²) in [5, 5.41) is 12.4. The third-order valence-electron chi connectivity index (χ3n) is 1.08. The van der Waals surface area contributed by atoms with Crippen LogP contribution < -0.4 is 0 Å². The Morgan fingerprint density at radius 3 is 2.70 bits per heavy atom. The van der Waals surface area contributed by atoms with Crippen molar-refractivity contribution in [1.82, 2.24) is 0 Å². The zero-order chi connectivity index (χ0) is 7.61. The van der Waals surface area contributed by atoms with Crippen LogP contribution in [-0.2, 0) is 19.6 Å². The molecule has 1 aliphatic rings. The Labute approximate surface area is 62.1 Å². The molecule has 1 unspecified atom stereocenters. The summed E-state index contributed by atoms with van der Waals surface area (Å²) in [4.78, 5) is 17.3. The molecule has 1 N–H and O–H groups in total. The van der Waals surface area contributed by atoms with E-state index in [0.29, 0.717) is 0 Å². The normalized spacial score (nSPS) is 33.7. The maximum Gasteiger partial charge on any atom is 0.350 e. The first-order valence-electron chi connectivity index (χ1n) is 2.58. The van der Waals surface area contributed by atoms with Gasteiger partial charge in [0.25, 0.3) is 0 Å². The number of thiol groups is 1. The van der Waals surface area contributed by atoms with Gasteiger partial charge in [-0.2, -0.15) is 4.89 Å². The highest BCUT2D eigenvalue weighted by Crippen LogP contribution is 2.25.